The quantitative estimate of drug-likeness (QED) is 0.670. The zero-order chi connectivity index (χ0) is 18.6. The number of hydrogen-bond donors (Lipinski definition) is 1. The van der Waals surface area contributed by atoms with Gasteiger partial charge in [0.05, 0.1) is 0 Å². The number of para-hydroxylation sites is 1. The fraction of sp³-hybridized carbons (Fsp3) is 0.381. The van der Waals surface area contributed by atoms with E-state index in [2.05, 4.69) is 18.4 Å². The molecule has 2 N–H and O–H groups in total. The number of pyridine rings is 1. The predicted octanol–water partition coefficient (Wildman–Crippen LogP) is 5.96. The molecule has 1 aliphatic carbocycles. The number of nitrogens with two attached hydrogens (primary N) is 1. The highest BCUT2D eigenvalue weighted by Crippen LogP contribution is 2.42. The molecule has 1 aliphatic heterocycles. The van der Waals surface area contributed by atoms with Crippen LogP contribution in [0.4, 0.5) is 5.82 Å². The lowest BCUT2D eigenvalue weighted by molar-refractivity contribution is 0.478. The topological polar surface area (TPSA) is 51.4 Å². The van der Waals surface area contributed by atoms with Gasteiger partial charge >= 0.3 is 0 Å². The minimum atomic E-state index is -0.174. The molecule has 0 spiro atoms. The van der Waals surface area contributed by atoms with Crippen LogP contribution >= 0.6 is 23.5 Å². The van der Waals surface area contributed by atoms with Crippen LogP contribution in [0.25, 0.3) is 0 Å². The van der Waals surface area contributed by atoms with Crippen molar-refractivity contribution in [1.82, 2.24) is 4.98 Å². The number of nitrogens with zero attached hydrogens (tertiary/aromatic N) is 2. The lowest BCUT2D eigenvalue weighted by Crippen LogP contribution is -2.35. The van der Waals surface area contributed by atoms with Gasteiger partial charge in [0.2, 0.25) is 0 Å². The molecule has 2 aliphatic rings. The van der Waals surface area contributed by atoms with Crippen molar-refractivity contribution < 1.29 is 4.74 Å². The molecule has 1 aromatic carbocycles. The highest BCUT2D eigenvalue weighted by molar-refractivity contribution is 8.03. The van der Waals surface area contributed by atoms with Crippen molar-refractivity contribution in [3.05, 3.63) is 53.7 Å². The maximum Gasteiger partial charge on any atom is 0.178 e. The van der Waals surface area contributed by atoms with Crippen molar-refractivity contribution in [2.45, 2.75) is 54.7 Å². The summed E-state index contributed by atoms with van der Waals surface area (Å²) in [6.45, 7) is 2.05. The van der Waals surface area contributed by atoms with Gasteiger partial charge in [-0.2, -0.15) is 0 Å². The first-order chi connectivity index (χ1) is 13.2. The summed E-state index contributed by atoms with van der Waals surface area (Å²) in [5, 5.41) is 2.76. The average Bonchev–Trinajstić information content (AvgIpc) is 3.02. The summed E-state index contributed by atoms with van der Waals surface area (Å²) in [5.41, 5.74) is 7.20. The number of anilines is 1. The zero-order valence-electron chi connectivity index (χ0n) is 15.5. The van der Waals surface area contributed by atoms with E-state index in [1.807, 2.05) is 53.2 Å². The smallest absolute Gasteiger partial charge is 0.178 e. The van der Waals surface area contributed by atoms with E-state index < -0.39 is 0 Å². The molecule has 1 unspecified atom stereocenters. The Labute approximate surface area is 169 Å². The summed E-state index contributed by atoms with van der Waals surface area (Å²) < 4.78 is 6.24. The number of thioether (sulfide) groups is 2. The molecular formula is C21H25N3OS2. The van der Waals surface area contributed by atoms with Gasteiger partial charge in [0.25, 0.3) is 0 Å². The van der Waals surface area contributed by atoms with E-state index in [1.165, 1.54) is 37.0 Å². The molecule has 1 fully saturated rings. The molecule has 27 heavy (non-hydrogen) atoms. The first kappa shape index (κ1) is 18.7. The van der Waals surface area contributed by atoms with Crippen LogP contribution in [0.1, 0.15) is 39.0 Å². The molecule has 1 saturated carbocycles. The Kier molecular flexibility index (Phi) is 5.95. The number of aromatic nitrogens is 1. The molecule has 1 atom stereocenters. The molecule has 2 aromatic rings. The summed E-state index contributed by atoms with van der Waals surface area (Å²) in [6.07, 6.45) is 8.58. The van der Waals surface area contributed by atoms with Gasteiger partial charge in [0, 0.05) is 22.0 Å². The monoisotopic (exact) mass is 399 g/mol. The van der Waals surface area contributed by atoms with Gasteiger partial charge in [-0.25, -0.2) is 4.98 Å². The molecule has 4 nitrogen and oxygen atoms in total. The third-order valence-electron chi connectivity index (χ3n) is 4.87. The molecule has 1 aromatic heterocycles. The summed E-state index contributed by atoms with van der Waals surface area (Å²) in [5.74, 6) is 2.34. The van der Waals surface area contributed by atoms with Gasteiger partial charge in [0.15, 0.2) is 11.6 Å². The van der Waals surface area contributed by atoms with Crippen LogP contribution in [0, 0.1) is 0 Å². The second kappa shape index (κ2) is 8.59. The second-order valence-corrected chi connectivity index (χ2v) is 9.31. The van der Waals surface area contributed by atoms with Crippen LogP contribution in [0.2, 0.25) is 0 Å². The molecule has 0 bridgehead atoms. The molecule has 0 amide bonds. The van der Waals surface area contributed by atoms with Gasteiger partial charge in [-0.05, 0) is 43.4 Å². The van der Waals surface area contributed by atoms with Gasteiger partial charge in [-0.15, -0.1) is 11.8 Å². The molecule has 6 heteroatoms. The Hall–Kier alpha value is -1.63. The largest absolute Gasteiger partial charge is 0.453 e. The lowest BCUT2D eigenvalue weighted by atomic mass is 10.0. The van der Waals surface area contributed by atoms with Crippen LogP contribution in [0.3, 0.4) is 0 Å². The standard InChI is InChI=1S/C21H25N3OS2/c1-15-14-26-21(22)24(15)20-19(25-16-8-4-2-5-9-16)12-18(13-23-20)27-17-10-6-3-7-11-17/h2,4-5,8-9,12-14,17,21H,3,6-7,10-11,22H2,1H3. The Bertz CT molecular complexity index is 806. The van der Waals surface area contributed by atoms with Crippen LogP contribution in [-0.2, 0) is 0 Å². The van der Waals surface area contributed by atoms with Crippen LogP contribution < -0.4 is 15.4 Å². The van der Waals surface area contributed by atoms with Crippen molar-refractivity contribution in [2.24, 2.45) is 5.73 Å². The highest BCUT2D eigenvalue weighted by Gasteiger charge is 2.27. The first-order valence-electron chi connectivity index (χ1n) is 9.47. The molecule has 2 heterocycles. The Morgan fingerprint density at radius 1 is 1.19 bits per heavy atom. The predicted molar refractivity (Wildman–Crippen MR) is 115 cm³/mol. The van der Waals surface area contributed by atoms with E-state index in [4.69, 9.17) is 15.5 Å². The Balaban J connectivity index is 1.64. The molecule has 0 radical (unpaired) electrons. The first-order valence-corrected chi connectivity index (χ1v) is 11.3. The van der Waals surface area contributed by atoms with Crippen molar-refractivity contribution in [3.63, 3.8) is 0 Å². The minimum Gasteiger partial charge on any atom is -0.453 e. The van der Waals surface area contributed by atoms with Crippen LogP contribution in [0.5, 0.6) is 11.5 Å². The van der Waals surface area contributed by atoms with Gasteiger partial charge < -0.3 is 15.4 Å². The third-order valence-corrected chi connectivity index (χ3v) is 7.14. The van der Waals surface area contributed by atoms with Crippen LogP contribution in [0.15, 0.2) is 58.6 Å². The van der Waals surface area contributed by atoms with Crippen molar-refractivity contribution in [3.8, 4) is 11.5 Å². The van der Waals surface area contributed by atoms with E-state index >= 15 is 0 Å². The highest BCUT2D eigenvalue weighted by atomic mass is 32.2. The summed E-state index contributed by atoms with van der Waals surface area (Å²) in [4.78, 5) is 7.97. The van der Waals surface area contributed by atoms with E-state index in [1.54, 1.807) is 11.8 Å². The van der Waals surface area contributed by atoms with E-state index in [9.17, 15) is 0 Å². The van der Waals surface area contributed by atoms with E-state index in [0.717, 1.165) is 23.0 Å². The summed E-state index contributed by atoms with van der Waals surface area (Å²) in [6, 6.07) is 12.0. The maximum absolute atomic E-state index is 6.29. The van der Waals surface area contributed by atoms with Crippen molar-refractivity contribution in [2.75, 3.05) is 4.90 Å². The number of hydrogen-bond acceptors (Lipinski definition) is 6. The van der Waals surface area contributed by atoms with Gasteiger partial charge in [-0.1, -0.05) is 49.2 Å². The Morgan fingerprint density at radius 3 is 2.67 bits per heavy atom. The molecule has 0 saturated heterocycles. The number of benzene rings is 1. The SMILES string of the molecule is CC1=CSC(N)N1c1ncc(SC2CCCCC2)cc1Oc1ccccc1. The van der Waals surface area contributed by atoms with E-state index in [0.29, 0.717) is 5.25 Å². The third kappa shape index (κ3) is 4.45. The average molecular weight is 400 g/mol. The fourth-order valence-corrected chi connectivity index (χ4v) is 5.59. The minimum absolute atomic E-state index is 0.174. The van der Waals surface area contributed by atoms with Crippen LogP contribution in [-0.4, -0.2) is 15.7 Å². The zero-order valence-corrected chi connectivity index (χ0v) is 17.1. The fourth-order valence-electron chi connectivity index (χ4n) is 3.50. The number of ether oxygens (including phenoxy) is 1. The molecule has 4 rings (SSSR count). The second-order valence-electron chi connectivity index (χ2n) is 6.94. The molecule has 142 valence electrons. The number of rotatable bonds is 5. The van der Waals surface area contributed by atoms with Crippen molar-refractivity contribution >= 4 is 29.3 Å². The van der Waals surface area contributed by atoms with Gasteiger partial charge in [-0.3, -0.25) is 0 Å². The number of allylic oxidation sites excluding steroid dienone is 1. The summed E-state index contributed by atoms with van der Waals surface area (Å²) in [7, 11) is 0. The maximum atomic E-state index is 6.29. The van der Waals surface area contributed by atoms with Crippen molar-refractivity contribution in [1.29, 1.82) is 0 Å². The normalized spacial score (nSPS) is 20.6. The van der Waals surface area contributed by atoms with E-state index in [-0.39, 0.29) is 5.50 Å². The lowest BCUT2D eigenvalue weighted by Gasteiger charge is -2.26. The Morgan fingerprint density at radius 2 is 1.96 bits per heavy atom. The van der Waals surface area contributed by atoms with Gasteiger partial charge in [0.1, 0.15) is 11.2 Å². The molecular weight excluding hydrogens is 374 g/mol. The summed E-state index contributed by atoms with van der Waals surface area (Å²) >= 11 is 3.53.